The van der Waals surface area contributed by atoms with Gasteiger partial charge in [-0.05, 0) is 30.5 Å². The normalized spacial score (nSPS) is 15.6. The molecule has 1 fully saturated rings. The van der Waals surface area contributed by atoms with Crippen molar-refractivity contribution in [2.24, 2.45) is 0 Å². The van der Waals surface area contributed by atoms with Crippen molar-refractivity contribution in [3.63, 3.8) is 0 Å². The van der Waals surface area contributed by atoms with Crippen LogP contribution in [0.2, 0.25) is 5.02 Å². The number of aliphatic carboxylic acids is 1. The zero-order valence-corrected chi connectivity index (χ0v) is 15.4. The van der Waals surface area contributed by atoms with Gasteiger partial charge in [-0.2, -0.15) is 0 Å². The van der Waals surface area contributed by atoms with Gasteiger partial charge in [0.05, 0.1) is 16.9 Å². The summed E-state index contributed by atoms with van der Waals surface area (Å²) in [6, 6.07) is 4.58. The maximum Gasteiger partial charge on any atom is 0.304 e. The number of carboxylic acid groups (broad SMARTS) is 1. The average Bonchev–Trinajstić information content (AvgIpc) is 2.48. The Balaban J connectivity index is 1.81. The van der Waals surface area contributed by atoms with Gasteiger partial charge in [-0.3, -0.25) is 9.59 Å². The standard InChI is InChI=1S/C16H19ClFNO3S2/c17-12-3-2-11(10-13(12)18)16(5-1-6-16)15(22)19-7-9-24-23-8-4-14(20)21/h2-3,10H,1,4-9H2,(H,19,22)(H,20,21). The van der Waals surface area contributed by atoms with E-state index >= 15 is 0 Å². The number of benzene rings is 1. The largest absolute Gasteiger partial charge is 0.481 e. The van der Waals surface area contributed by atoms with Crippen molar-refractivity contribution in [1.82, 2.24) is 5.32 Å². The molecule has 2 N–H and O–H groups in total. The molecule has 0 aliphatic heterocycles. The fraction of sp³-hybridized carbons (Fsp3) is 0.500. The van der Waals surface area contributed by atoms with Gasteiger partial charge >= 0.3 is 5.97 Å². The summed E-state index contributed by atoms with van der Waals surface area (Å²) < 4.78 is 13.7. The first kappa shape index (κ1) is 19.4. The van der Waals surface area contributed by atoms with E-state index in [0.29, 0.717) is 36.5 Å². The van der Waals surface area contributed by atoms with E-state index in [4.69, 9.17) is 16.7 Å². The summed E-state index contributed by atoms with van der Waals surface area (Å²) in [5.74, 6) is -0.146. The van der Waals surface area contributed by atoms with Gasteiger partial charge in [0.15, 0.2) is 0 Å². The summed E-state index contributed by atoms with van der Waals surface area (Å²) in [5.41, 5.74) is 0.0312. The lowest BCUT2D eigenvalue weighted by Crippen LogP contribution is -2.49. The molecule has 2 rings (SSSR count). The molecule has 1 aromatic carbocycles. The Morgan fingerprint density at radius 1 is 1.29 bits per heavy atom. The van der Waals surface area contributed by atoms with E-state index < -0.39 is 17.2 Å². The first-order valence-corrected chi connectivity index (χ1v) is 10.5. The molecular formula is C16H19ClFNO3S2. The molecule has 0 heterocycles. The van der Waals surface area contributed by atoms with E-state index in [-0.39, 0.29) is 17.4 Å². The Hall–Kier alpha value is -0.920. The van der Waals surface area contributed by atoms with E-state index in [0.717, 1.165) is 6.42 Å². The molecule has 0 aromatic heterocycles. The monoisotopic (exact) mass is 391 g/mol. The highest BCUT2D eigenvalue weighted by molar-refractivity contribution is 8.76. The van der Waals surface area contributed by atoms with Crippen molar-refractivity contribution in [3.05, 3.63) is 34.6 Å². The van der Waals surface area contributed by atoms with Crippen LogP contribution in [0.5, 0.6) is 0 Å². The lowest BCUT2D eigenvalue weighted by Gasteiger charge is -2.40. The van der Waals surface area contributed by atoms with Crippen LogP contribution in [0.25, 0.3) is 0 Å². The summed E-state index contributed by atoms with van der Waals surface area (Å²) in [6.07, 6.45) is 2.49. The molecule has 0 spiro atoms. The molecule has 0 atom stereocenters. The number of halogens is 2. The first-order valence-electron chi connectivity index (χ1n) is 7.66. The lowest BCUT2D eigenvalue weighted by molar-refractivity contribution is -0.136. The summed E-state index contributed by atoms with van der Waals surface area (Å²) in [4.78, 5) is 23.0. The molecule has 1 amide bonds. The predicted octanol–water partition coefficient (Wildman–Crippen LogP) is 3.87. The summed E-state index contributed by atoms with van der Waals surface area (Å²) in [7, 11) is 3.02. The van der Waals surface area contributed by atoms with Gasteiger partial charge in [-0.25, -0.2) is 4.39 Å². The molecule has 24 heavy (non-hydrogen) atoms. The summed E-state index contributed by atoms with van der Waals surface area (Å²) >= 11 is 5.72. The first-order chi connectivity index (χ1) is 11.5. The number of amides is 1. The lowest BCUT2D eigenvalue weighted by atomic mass is 9.64. The molecule has 0 unspecified atom stereocenters. The quantitative estimate of drug-likeness (QED) is 0.494. The zero-order valence-electron chi connectivity index (χ0n) is 13.0. The van der Waals surface area contributed by atoms with Crippen LogP contribution in [0, 0.1) is 5.82 Å². The van der Waals surface area contributed by atoms with Gasteiger partial charge in [0.2, 0.25) is 5.91 Å². The smallest absolute Gasteiger partial charge is 0.304 e. The van der Waals surface area contributed by atoms with Crippen molar-refractivity contribution < 1.29 is 19.1 Å². The van der Waals surface area contributed by atoms with Crippen LogP contribution in [-0.2, 0) is 15.0 Å². The van der Waals surface area contributed by atoms with Crippen molar-refractivity contribution >= 4 is 45.1 Å². The van der Waals surface area contributed by atoms with Gasteiger partial charge in [0.1, 0.15) is 5.82 Å². The third-order valence-corrected chi connectivity index (χ3v) is 6.78. The van der Waals surface area contributed by atoms with Crippen LogP contribution < -0.4 is 5.32 Å². The minimum absolute atomic E-state index is 0.0587. The molecule has 0 saturated heterocycles. The van der Waals surface area contributed by atoms with E-state index in [1.165, 1.54) is 33.7 Å². The van der Waals surface area contributed by atoms with Crippen molar-refractivity contribution in [2.45, 2.75) is 31.1 Å². The topological polar surface area (TPSA) is 66.4 Å². The fourth-order valence-electron chi connectivity index (χ4n) is 2.59. The molecule has 1 saturated carbocycles. The number of rotatable bonds is 9. The van der Waals surface area contributed by atoms with Crippen LogP contribution in [0.15, 0.2) is 18.2 Å². The highest BCUT2D eigenvalue weighted by atomic mass is 35.5. The molecule has 0 radical (unpaired) electrons. The van der Waals surface area contributed by atoms with Crippen LogP contribution in [0.4, 0.5) is 4.39 Å². The molecule has 0 bridgehead atoms. The maximum atomic E-state index is 13.7. The van der Waals surface area contributed by atoms with Crippen LogP contribution in [0.3, 0.4) is 0 Å². The molecule has 1 aliphatic rings. The molecule has 1 aliphatic carbocycles. The number of carboxylic acids is 1. The number of hydrogen-bond donors (Lipinski definition) is 2. The zero-order chi connectivity index (χ0) is 17.6. The third-order valence-electron chi connectivity index (χ3n) is 4.07. The van der Waals surface area contributed by atoms with Gasteiger partial charge in [-0.15, -0.1) is 0 Å². The van der Waals surface area contributed by atoms with Crippen molar-refractivity contribution in [2.75, 3.05) is 18.1 Å². The van der Waals surface area contributed by atoms with Gasteiger partial charge in [0.25, 0.3) is 0 Å². The van der Waals surface area contributed by atoms with Crippen LogP contribution in [0.1, 0.15) is 31.2 Å². The Morgan fingerprint density at radius 3 is 2.58 bits per heavy atom. The van der Waals surface area contributed by atoms with E-state index in [2.05, 4.69) is 5.32 Å². The number of nitrogens with one attached hydrogen (secondary N) is 1. The van der Waals surface area contributed by atoms with Crippen molar-refractivity contribution in [1.29, 1.82) is 0 Å². The second-order valence-corrected chi connectivity index (χ2v) is 8.72. The second kappa shape index (κ2) is 8.97. The Kier molecular flexibility index (Phi) is 7.25. The van der Waals surface area contributed by atoms with E-state index in [9.17, 15) is 14.0 Å². The Labute approximate surface area is 153 Å². The number of hydrogen-bond acceptors (Lipinski definition) is 4. The second-order valence-electron chi connectivity index (χ2n) is 5.61. The number of carbonyl (C=O) groups excluding carboxylic acids is 1. The van der Waals surface area contributed by atoms with Crippen molar-refractivity contribution in [3.8, 4) is 0 Å². The average molecular weight is 392 g/mol. The Bertz CT molecular complexity index is 611. The van der Waals surface area contributed by atoms with Gasteiger partial charge in [-0.1, -0.05) is 45.7 Å². The summed E-state index contributed by atoms with van der Waals surface area (Å²) in [5, 5.41) is 11.5. The maximum absolute atomic E-state index is 13.7. The highest BCUT2D eigenvalue weighted by Gasteiger charge is 2.45. The summed E-state index contributed by atoms with van der Waals surface area (Å²) in [6.45, 7) is 0.501. The molecule has 132 valence electrons. The fourth-order valence-corrected chi connectivity index (χ4v) is 4.60. The Morgan fingerprint density at radius 2 is 2.00 bits per heavy atom. The molecule has 4 nitrogen and oxygen atoms in total. The van der Waals surface area contributed by atoms with Gasteiger partial charge < -0.3 is 10.4 Å². The molecular weight excluding hydrogens is 373 g/mol. The van der Waals surface area contributed by atoms with Crippen LogP contribution in [-0.4, -0.2) is 35.0 Å². The van der Waals surface area contributed by atoms with Crippen LogP contribution >= 0.6 is 33.2 Å². The minimum atomic E-state index is -0.807. The predicted molar refractivity (Wildman–Crippen MR) is 97.1 cm³/mol. The molecule has 1 aromatic rings. The van der Waals surface area contributed by atoms with Gasteiger partial charge in [0, 0.05) is 18.1 Å². The third kappa shape index (κ3) is 4.80. The minimum Gasteiger partial charge on any atom is -0.481 e. The van der Waals surface area contributed by atoms with E-state index in [1.807, 2.05) is 0 Å². The van der Waals surface area contributed by atoms with E-state index in [1.54, 1.807) is 6.07 Å². The SMILES string of the molecule is O=C(O)CCSSCCNC(=O)C1(c2ccc(Cl)c(F)c2)CCC1. The highest BCUT2D eigenvalue weighted by Crippen LogP contribution is 2.44. The molecule has 8 heteroatoms. The number of carbonyl (C=O) groups is 2.